The van der Waals surface area contributed by atoms with E-state index >= 15 is 0 Å². The Balaban J connectivity index is 0.00000225. The Labute approximate surface area is 168 Å². The molecule has 0 saturated heterocycles. The third-order valence-electron chi connectivity index (χ3n) is 3.86. The molecule has 0 radical (unpaired) electrons. The van der Waals surface area contributed by atoms with Crippen LogP contribution in [0.25, 0.3) is 17.0 Å². The van der Waals surface area contributed by atoms with Gasteiger partial charge in [0.05, 0.1) is 5.56 Å². The molecule has 9 heteroatoms. The average Bonchev–Trinajstić information content (AvgIpc) is 3.07. The zero-order valence-electron chi connectivity index (χ0n) is 14.0. The lowest BCUT2D eigenvalue weighted by molar-refractivity contribution is 0.0697. The van der Waals surface area contributed by atoms with Gasteiger partial charge in [0.1, 0.15) is 11.6 Å². The SMILES string of the molecule is Cl.O=C(O)c1cccc(-c2nnc3ccc(Sc4ccc(F)cc4F)cn23)c1. The maximum atomic E-state index is 13.9. The molecule has 1 N–H and O–H groups in total. The predicted molar refractivity (Wildman–Crippen MR) is 103 cm³/mol. The van der Waals surface area contributed by atoms with Gasteiger partial charge in [-0.25, -0.2) is 13.6 Å². The Bertz CT molecular complexity index is 1180. The summed E-state index contributed by atoms with van der Waals surface area (Å²) < 4.78 is 28.7. The van der Waals surface area contributed by atoms with Crippen LogP contribution < -0.4 is 0 Å². The summed E-state index contributed by atoms with van der Waals surface area (Å²) in [5.74, 6) is -1.84. The lowest BCUT2D eigenvalue weighted by Crippen LogP contribution is -1.97. The topological polar surface area (TPSA) is 67.5 Å². The summed E-state index contributed by atoms with van der Waals surface area (Å²) >= 11 is 1.14. The van der Waals surface area contributed by atoms with Crippen molar-refractivity contribution in [1.29, 1.82) is 0 Å². The van der Waals surface area contributed by atoms with Crippen molar-refractivity contribution in [3.8, 4) is 11.4 Å². The smallest absolute Gasteiger partial charge is 0.335 e. The van der Waals surface area contributed by atoms with Gasteiger partial charge in [-0.05, 0) is 36.4 Å². The average molecular weight is 420 g/mol. The zero-order valence-corrected chi connectivity index (χ0v) is 15.7. The Morgan fingerprint density at radius 2 is 1.86 bits per heavy atom. The molecule has 2 aromatic heterocycles. The normalized spacial score (nSPS) is 10.6. The lowest BCUT2D eigenvalue weighted by atomic mass is 10.1. The number of aromatic nitrogens is 3. The van der Waals surface area contributed by atoms with Crippen LogP contribution in [0.1, 0.15) is 10.4 Å². The molecule has 4 rings (SSSR count). The summed E-state index contributed by atoms with van der Waals surface area (Å²) in [6.07, 6.45) is 1.73. The van der Waals surface area contributed by atoms with Crippen molar-refractivity contribution in [2.45, 2.75) is 9.79 Å². The van der Waals surface area contributed by atoms with E-state index in [0.717, 1.165) is 17.8 Å². The molecule has 142 valence electrons. The molecule has 0 saturated carbocycles. The molecule has 2 aromatic carbocycles. The fourth-order valence-corrected chi connectivity index (χ4v) is 3.45. The molecule has 0 spiro atoms. The number of halogens is 3. The maximum absolute atomic E-state index is 13.9. The second kappa shape index (κ2) is 7.95. The van der Waals surface area contributed by atoms with Gasteiger partial charge < -0.3 is 5.11 Å². The Kier molecular flexibility index (Phi) is 5.62. The van der Waals surface area contributed by atoms with Crippen LogP contribution >= 0.6 is 24.2 Å². The van der Waals surface area contributed by atoms with Gasteiger partial charge in [0.2, 0.25) is 0 Å². The molecule has 0 fully saturated rings. The number of nitrogens with zero attached hydrogens (tertiary/aromatic N) is 3. The van der Waals surface area contributed by atoms with Gasteiger partial charge in [-0.1, -0.05) is 23.9 Å². The van der Waals surface area contributed by atoms with E-state index in [1.807, 2.05) is 0 Å². The van der Waals surface area contributed by atoms with Crippen LogP contribution in [0, 0.1) is 11.6 Å². The van der Waals surface area contributed by atoms with Crippen LogP contribution in [0.15, 0.2) is 70.6 Å². The van der Waals surface area contributed by atoms with Crippen LogP contribution in [-0.2, 0) is 0 Å². The molecule has 2 heterocycles. The second-order valence-electron chi connectivity index (χ2n) is 5.68. The van der Waals surface area contributed by atoms with E-state index in [1.54, 1.807) is 34.9 Å². The number of hydrogen-bond donors (Lipinski definition) is 1. The number of pyridine rings is 1. The lowest BCUT2D eigenvalue weighted by Gasteiger charge is -2.06. The number of hydrogen-bond acceptors (Lipinski definition) is 4. The van der Waals surface area contributed by atoms with E-state index in [-0.39, 0.29) is 18.0 Å². The molecule has 0 aliphatic heterocycles. The van der Waals surface area contributed by atoms with Crippen LogP contribution in [0.5, 0.6) is 0 Å². The van der Waals surface area contributed by atoms with Gasteiger partial charge in [-0.3, -0.25) is 4.40 Å². The Morgan fingerprint density at radius 1 is 1.04 bits per heavy atom. The van der Waals surface area contributed by atoms with E-state index < -0.39 is 17.6 Å². The highest BCUT2D eigenvalue weighted by molar-refractivity contribution is 7.99. The maximum Gasteiger partial charge on any atom is 0.335 e. The quantitative estimate of drug-likeness (QED) is 0.507. The van der Waals surface area contributed by atoms with Gasteiger partial charge in [0.15, 0.2) is 11.5 Å². The summed E-state index contributed by atoms with van der Waals surface area (Å²) in [6.45, 7) is 0. The molecular weight excluding hydrogens is 408 g/mol. The van der Waals surface area contributed by atoms with Crippen molar-refractivity contribution in [2.24, 2.45) is 0 Å². The van der Waals surface area contributed by atoms with Gasteiger partial charge in [0.25, 0.3) is 0 Å². The number of carboxylic acid groups (broad SMARTS) is 1. The second-order valence-corrected chi connectivity index (χ2v) is 6.79. The van der Waals surface area contributed by atoms with Crippen molar-refractivity contribution in [3.05, 3.63) is 78.0 Å². The number of aromatic carboxylic acids is 1. The molecular formula is C19H12ClF2N3O2S. The Morgan fingerprint density at radius 3 is 2.61 bits per heavy atom. The van der Waals surface area contributed by atoms with Crippen molar-refractivity contribution >= 4 is 35.8 Å². The summed E-state index contributed by atoms with van der Waals surface area (Å²) in [5.41, 5.74) is 1.30. The van der Waals surface area contributed by atoms with E-state index in [1.165, 1.54) is 24.3 Å². The van der Waals surface area contributed by atoms with Gasteiger partial charge >= 0.3 is 5.97 Å². The van der Waals surface area contributed by atoms with E-state index in [4.69, 9.17) is 5.11 Å². The molecule has 0 bridgehead atoms. The highest BCUT2D eigenvalue weighted by Gasteiger charge is 2.12. The third kappa shape index (κ3) is 3.83. The number of benzene rings is 2. The number of fused-ring (bicyclic) bond motifs is 1. The summed E-state index contributed by atoms with van der Waals surface area (Å²) in [5, 5.41) is 17.4. The van der Waals surface area contributed by atoms with Crippen molar-refractivity contribution < 1.29 is 18.7 Å². The number of carbonyl (C=O) groups is 1. The van der Waals surface area contributed by atoms with Crippen LogP contribution in [0.4, 0.5) is 8.78 Å². The van der Waals surface area contributed by atoms with Gasteiger partial charge in [-0.2, -0.15) is 0 Å². The molecule has 0 aliphatic carbocycles. The molecule has 0 unspecified atom stereocenters. The standard InChI is InChI=1S/C19H11F2N3O2S.ClH/c20-13-4-6-16(15(21)9-13)27-14-5-7-17-22-23-18(24(17)10-14)11-2-1-3-12(8-11)19(25)26;/h1-10H,(H,25,26);1H. The minimum Gasteiger partial charge on any atom is -0.478 e. The summed E-state index contributed by atoms with van der Waals surface area (Å²) in [4.78, 5) is 12.2. The minimum absolute atomic E-state index is 0. The first-order valence-corrected chi connectivity index (χ1v) is 8.64. The minimum atomic E-state index is -1.03. The van der Waals surface area contributed by atoms with Crippen LogP contribution in [0.2, 0.25) is 0 Å². The zero-order chi connectivity index (χ0) is 19.0. The fourth-order valence-electron chi connectivity index (χ4n) is 2.60. The number of rotatable bonds is 4. The number of carboxylic acids is 1. The van der Waals surface area contributed by atoms with E-state index in [0.29, 0.717) is 26.8 Å². The van der Waals surface area contributed by atoms with Crippen molar-refractivity contribution in [3.63, 3.8) is 0 Å². The molecule has 0 amide bonds. The van der Waals surface area contributed by atoms with Crippen LogP contribution in [-0.4, -0.2) is 25.7 Å². The molecule has 5 nitrogen and oxygen atoms in total. The van der Waals surface area contributed by atoms with E-state index in [9.17, 15) is 13.6 Å². The first-order valence-electron chi connectivity index (χ1n) is 7.83. The summed E-state index contributed by atoms with van der Waals surface area (Å²) in [6, 6.07) is 13.3. The largest absolute Gasteiger partial charge is 0.478 e. The van der Waals surface area contributed by atoms with Crippen molar-refractivity contribution in [2.75, 3.05) is 0 Å². The highest BCUT2D eigenvalue weighted by Crippen LogP contribution is 2.31. The Hall–Kier alpha value is -2.97. The first kappa shape index (κ1) is 19.8. The first-order chi connectivity index (χ1) is 13.0. The summed E-state index contributed by atoms with van der Waals surface area (Å²) in [7, 11) is 0. The third-order valence-corrected chi connectivity index (χ3v) is 4.89. The highest BCUT2D eigenvalue weighted by atomic mass is 35.5. The predicted octanol–water partition coefficient (Wildman–Crippen LogP) is 4.95. The van der Waals surface area contributed by atoms with Gasteiger partial charge in [-0.15, -0.1) is 22.6 Å². The molecule has 28 heavy (non-hydrogen) atoms. The molecule has 4 aromatic rings. The molecule has 0 atom stereocenters. The van der Waals surface area contributed by atoms with Crippen LogP contribution in [0.3, 0.4) is 0 Å². The van der Waals surface area contributed by atoms with Crippen molar-refractivity contribution in [1.82, 2.24) is 14.6 Å². The van der Waals surface area contributed by atoms with Gasteiger partial charge in [0, 0.05) is 27.6 Å². The molecule has 0 aliphatic rings. The van der Waals surface area contributed by atoms with E-state index in [2.05, 4.69) is 10.2 Å². The fraction of sp³-hybridized carbons (Fsp3) is 0. The monoisotopic (exact) mass is 419 g/mol.